The highest BCUT2D eigenvalue weighted by Gasteiger charge is 2.20. The number of aryl methyl sites for hydroxylation is 1. The van der Waals surface area contributed by atoms with Gasteiger partial charge < -0.3 is 10.2 Å². The van der Waals surface area contributed by atoms with E-state index in [1.165, 1.54) is 6.20 Å². The Hall–Kier alpha value is -1.64. The van der Waals surface area contributed by atoms with Crippen molar-refractivity contribution in [1.82, 2.24) is 14.9 Å². The van der Waals surface area contributed by atoms with E-state index in [0.717, 1.165) is 5.76 Å². The van der Waals surface area contributed by atoms with Crippen LogP contribution in [0.3, 0.4) is 0 Å². The minimum Gasteiger partial charge on any atom is -0.465 e. The minimum atomic E-state index is -3.66. The van der Waals surface area contributed by atoms with E-state index in [1.54, 1.807) is 19.1 Å². The molecule has 0 unspecified atom stereocenters. The van der Waals surface area contributed by atoms with Crippen LogP contribution >= 0.6 is 0 Å². The number of nitrogens with two attached hydrogens (primary N) is 1. The SMILES string of the molecule is Cc1ccc(CNS(=O)(=O)c2[nH]ncc2CN)o1. The highest BCUT2D eigenvalue weighted by atomic mass is 32.2. The molecule has 0 aliphatic heterocycles. The van der Waals surface area contributed by atoms with Crippen LogP contribution in [0.4, 0.5) is 0 Å². The van der Waals surface area contributed by atoms with E-state index in [9.17, 15) is 8.42 Å². The number of rotatable bonds is 5. The molecule has 18 heavy (non-hydrogen) atoms. The molecule has 0 saturated heterocycles. The highest BCUT2D eigenvalue weighted by Crippen LogP contribution is 2.12. The van der Waals surface area contributed by atoms with Gasteiger partial charge in [-0.1, -0.05) is 0 Å². The van der Waals surface area contributed by atoms with Gasteiger partial charge in [-0.3, -0.25) is 5.10 Å². The van der Waals surface area contributed by atoms with Crippen molar-refractivity contribution in [3.8, 4) is 0 Å². The molecule has 2 aromatic heterocycles. The molecule has 4 N–H and O–H groups in total. The second-order valence-corrected chi connectivity index (χ2v) is 5.47. The average molecular weight is 270 g/mol. The molecular weight excluding hydrogens is 256 g/mol. The number of H-pyrrole nitrogens is 1. The van der Waals surface area contributed by atoms with Crippen LogP contribution in [0.25, 0.3) is 0 Å². The van der Waals surface area contributed by atoms with Crippen LogP contribution < -0.4 is 10.5 Å². The van der Waals surface area contributed by atoms with E-state index in [-0.39, 0.29) is 18.1 Å². The molecule has 8 heteroatoms. The molecule has 2 rings (SSSR count). The first-order chi connectivity index (χ1) is 8.53. The van der Waals surface area contributed by atoms with Crippen LogP contribution in [0.2, 0.25) is 0 Å². The van der Waals surface area contributed by atoms with Gasteiger partial charge in [0.05, 0.1) is 12.7 Å². The van der Waals surface area contributed by atoms with E-state index in [4.69, 9.17) is 10.2 Å². The Morgan fingerprint density at radius 1 is 1.50 bits per heavy atom. The summed E-state index contributed by atoms with van der Waals surface area (Å²) < 4.78 is 31.6. The predicted octanol–water partition coefficient (Wildman–Crippen LogP) is 0.248. The summed E-state index contributed by atoms with van der Waals surface area (Å²) in [6, 6.07) is 3.49. The predicted molar refractivity (Wildman–Crippen MR) is 63.9 cm³/mol. The van der Waals surface area contributed by atoms with Gasteiger partial charge in [-0.2, -0.15) is 5.10 Å². The van der Waals surface area contributed by atoms with Crippen molar-refractivity contribution in [2.24, 2.45) is 5.73 Å². The second kappa shape index (κ2) is 4.92. The van der Waals surface area contributed by atoms with Gasteiger partial charge in [0.1, 0.15) is 11.5 Å². The summed E-state index contributed by atoms with van der Waals surface area (Å²) in [5.74, 6) is 1.28. The van der Waals surface area contributed by atoms with Gasteiger partial charge in [0.15, 0.2) is 5.03 Å². The van der Waals surface area contributed by atoms with Crippen molar-refractivity contribution >= 4 is 10.0 Å². The lowest BCUT2D eigenvalue weighted by Gasteiger charge is -2.04. The van der Waals surface area contributed by atoms with Crippen molar-refractivity contribution in [2.45, 2.75) is 25.0 Å². The zero-order valence-corrected chi connectivity index (χ0v) is 10.6. The minimum absolute atomic E-state index is 0.00622. The smallest absolute Gasteiger partial charge is 0.258 e. The molecule has 0 aliphatic carbocycles. The lowest BCUT2D eigenvalue weighted by molar-refractivity contribution is 0.475. The largest absolute Gasteiger partial charge is 0.465 e. The van der Waals surface area contributed by atoms with Crippen molar-refractivity contribution in [1.29, 1.82) is 0 Å². The normalized spacial score (nSPS) is 11.9. The maximum atomic E-state index is 12.0. The van der Waals surface area contributed by atoms with Crippen LogP contribution in [-0.4, -0.2) is 18.6 Å². The standard InChI is InChI=1S/C10H14N4O3S/c1-7-2-3-9(17-7)6-13-18(15,16)10-8(4-11)5-12-14-10/h2-3,5,13H,4,6,11H2,1H3,(H,12,14). The van der Waals surface area contributed by atoms with Crippen molar-refractivity contribution in [3.63, 3.8) is 0 Å². The van der Waals surface area contributed by atoms with Gasteiger partial charge in [-0.15, -0.1) is 0 Å². The van der Waals surface area contributed by atoms with Crippen LogP contribution in [0.1, 0.15) is 17.1 Å². The van der Waals surface area contributed by atoms with Gasteiger partial charge in [-0.05, 0) is 19.1 Å². The lowest BCUT2D eigenvalue weighted by atomic mass is 10.4. The number of aromatic nitrogens is 2. The van der Waals surface area contributed by atoms with E-state index < -0.39 is 10.0 Å². The van der Waals surface area contributed by atoms with Crippen LogP contribution in [0.15, 0.2) is 27.8 Å². The molecule has 0 saturated carbocycles. The number of hydrogen-bond donors (Lipinski definition) is 3. The Bertz CT molecular complexity index is 629. The van der Waals surface area contributed by atoms with E-state index in [0.29, 0.717) is 11.3 Å². The number of nitrogens with zero attached hydrogens (tertiary/aromatic N) is 1. The first kappa shape index (κ1) is 12.8. The monoisotopic (exact) mass is 270 g/mol. The second-order valence-electron chi connectivity index (χ2n) is 3.77. The third-order valence-electron chi connectivity index (χ3n) is 2.40. The molecule has 0 radical (unpaired) electrons. The molecule has 0 bridgehead atoms. The maximum absolute atomic E-state index is 12.0. The van der Waals surface area contributed by atoms with Gasteiger partial charge >= 0.3 is 0 Å². The molecule has 2 heterocycles. The summed E-state index contributed by atoms with van der Waals surface area (Å²) in [5.41, 5.74) is 5.87. The molecular formula is C10H14N4O3S. The summed E-state index contributed by atoms with van der Waals surface area (Å²) in [4.78, 5) is 0. The molecule has 0 fully saturated rings. The first-order valence-corrected chi connectivity index (χ1v) is 6.78. The molecule has 0 aliphatic rings. The lowest BCUT2D eigenvalue weighted by Crippen LogP contribution is -2.24. The topological polar surface area (TPSA) is 114 Å². The first-order valence-electron chi connectivity index (χ1n) is 5.30. The van der Waals surface area contributed by atoms with Crippen molar-refractivity contribution in [3.05, 3.63) is 35.4 Å². The van der Waals surface area contributed by atoms with Crippen LogP contribution in [0.5, 0.6) is 0 Å². The van der Waals surface area contributed by atoms with Gasteiger partial charge in [0, 0.05) is 12.1 Å². The summed E-state index contributed by atoms with van der Waals surface area (Å²) >= 11 is 0. The molecule has 2 aromatic rings. The third-order valence-corrected chi connectivity index (χ3v) is 3.81. The van der Waals surface area contributed by atoms with Crippen LogP contribution in [-0.2, 0) is 23.1 Å². The fourth-order valence-corrected chi connectivity index (χ4v) is 2.63. The maximum Gasteiger partial charge on any atom is 0.258 e. The summed E-state index contributed by atoms with van der Waals surface area (Å²) in [6.07, 6.45) is 1.39. The molecule has 7 nitrogen and oxygen atoms in total. The Kier molecular flexibility index (Phi) is 3.50. The summed E-state index contributed by atoms with van der Waals surface area (Å²) in [5, 5.41) is 6.09. The number of sulfonamides is 1. The number of furan rings is 1. The quantitative estimate of drug-likeness (QED) is 0.720. The number of nitrogens with one attached hydrogen (secondary N) is 2. The summed E-state index contributed by atoms with van der Waals surface area (Å²) in [7, 11) is -3.66. The number of hydrogen-bond acceptors (Lipinski definition) is 5. The average Bonchev–Trinajstić information content (AvgIpc) is 2.95. The third kappa shape index (κ3) is 2.61. The van der Waals surface area contributed by atoms with E-state index >= 15 is 0 Å². The fraction of sp³-hybridized carbons (Fsp3) is 0.300. The Morgan fingerprint density at radius 2 is 2.28 bits per heavy atom. The summed E-state index contributed by atoms with van der Waals surface area (Å²) in [6.45, 7) is 1.98. The van der Waals surface area contributed by atoms with Crippen LogP contribution in [0, 0.1) is 6.92 Å². The zero-order chi connectivity index (χ0) is 13.2. The molecule has 0 aromatic carbocycles. The van der Waals surface area contributed by atoms with Crippen molar-refractivity contribution in [2.75, 3.05) is 0 Å². The molecule has 0 amide bonds. The molecule has 0 spiro atoms. The zero-order valence-electron chi connectivity index (χ0n) is 9.80. The van der Waals surface area contributed by atoms with Gasteiger partial charge in [-0.25, -0.2) is 13.1 Å². The van der Waals surface area contributed by atoms with E-state index in [1.807, 2.05) is 0 Å². The van der Waals surface area contributed by atoms with Gasteiger partial charge in [0.25, 0.3) is 10.0 Å². The fourth-order valence-electron chi connectivity index (χ4n) is 1.50. The van der Waals surface area contributed by atoms with E-state index in [2.05, 4.69) is 14.9 Å². The Morgan fingerprint density at radius 3 is 2.89 bits per heavy atom. The Labute approximate surface area is 104 Å². The van der Waals surface area contributed by atoms with Gasteiger partial charge in [0.2, 0.25) is 0 Å². The molecule has 98 valence electrons. The van der Waals surface area contributed by atoms with Crippen molar-refractivity contribution < 1.29 is 12.8 Å². The highest BCUT2D eigenvalue weighted by molar-refractivity contribution is 7.89. The Balaban J connectivity index is 2.13. The molecule has 0 atom stereocenters. The number of aromatic amines is 1.